The van der Waals surface area contributed by atoms with Crippen LogP contribution < -0.4 is 15.4 Å². The predicted molar refractivity (Wildman–Crippen MR) is 108 cm³/mol. The Kier molecular flexibility index (Phi) is 7.28. The fourth-order valence-corrected chi connectivity index (χ4v) is 3.06. The number of rotatable bonds is 9. The molecule has 3 aromatic rings. The molecule has 30 heavy (non-hydrogen) atoms. The van der Waals surface area contributed by atoms with Crippen molar-refractivity contribution in [3.8, 4) is 5.75 Å². The molecule has 1 amide bonds. The van der Waals surface area contributed by atoms with Crippen molar-refractivity contribution in [2.24, 2.45) is 0 Å². The summed E-state index contributed by atoms with van der Waals surface area (Å²) in [6, 6.07) is 15.4. The number of carbonyl (C=O) groups excluding carboxylic acids is 2. The molecule has 0 spiro atoms. The van der Waals surface area contributed by atoms with Crippen LogP contribution in [0.15, 0.2) is 60.0 Å². The number of amides is 1. The Bertz CT molecular complexity index is 998. The van der Waals surface area contributed by atoms with Crippen LogP contribution in [0.4, 0.5) is 19.6 Å². The van der Waals surface area contributed by atoms with E-state index in [1.807, 2.05) is 30.3 Å². The third kappa shape index (κ3) is 6.24. The Morgan fingerprint density at radius 3 is 2.57 bits per heavy atom. The molecule has 0 radical (unpaired) electrons. The SMILES string of the molecule is O=C(COC(=O)c1csc(NCc2ccccc2)n1)Nc1ccccc1OC(F)F. The quantitative estimate of drug-likeness (QED) is 0.493. The summed E-state index contributed by atoms with van der Waals surface area (Å²) in [5, 5.41) is 7.51. The van der Waals surface area contributed by atoms with Crippen molar-refractivity contribution in [2.45, 2.75) is 13.2 Å². The van der Waals surface area contributed by atoms with Crippen molar-refractivity contribution >= 4 is 34.0 Å². The molecule has 2 N–H and O–H groups in total. The topological polar surface area (TPSA) is 89.6 Å². The van der Waals surface area contributed by atoms with E-state index in [1.165, 1.54) is 34.9 Å². The van der Waals surface area contributed by atoms with Crippen LogP contribution in [-0.2, 0) is 16.1 Å². The fraction of sp³-hybridized carbons (Fsp3) is 0.150. The number of nitrogens with zero attached hydrogens (tertiary/aromatic N) is 1. The highest BCUT2D eigenvalue weighted by Crippen LogP contribution is 2.25. The molecule has 0 aliphatic carbocycles. The van der Waals surface area contributed by atoms with Crippen LogP contribution in [0.25, 0.3) is 0 Å². The maximum Gasteiger partial charge on any atom is 0.387 e. The molecule has 10 heteroatoms. The largest absolute Gasteiger partial charge is 0.451 e. The first-order chi connectivity index (χ1) is 14.5. The second kappa shape index (κ2) is 10.3. The summed E-state index contributed by atoms with van der Waals surface area (Å²) in [7, 11) is 0. The molecule has 3 rings (SSSR count). The number of halogens is 2. The maximum atomic E-state index is 12.4. The number of nitrogens with one attached hydrogen (secondary N) is 2. The average molecular weight is 433 g/mol. The number of aromatic nitrogens is 1. The minimum Gasteiger partial charge on any atom is -0.451 e. The van der Waals surface area contributed by atoms with Gasteiger partial charge in [0.15, 0.2) is 17.4 Å². The Morgan fingerprint density at radius 1 is 1.07 bits per heavy atom. The smallest absolute Gasteiger partial charge is 0.387 e. The summed E-state index contributed by atoms with van der Waals surface area (Å²) in [5.74, 6) is -1.67. The van der Waals surface area contributed by atoms with Gasteiger partial charge in [0.25, 0.3) is 5.91 Å². The van der Waals surface area contributed by atoms with Crippen LogP contribution in [-0.4, -0.2) is 30.1 Å². The zero-order valence-electron chi connectivity index (χ0n) is 15.5. The summed E-state index contributed by atoms with van der Waals surface area (Å²) < 4.78 is 34.1. The van der Waals surface area contributed by atoms with Gasteiger partial charge in [-0.1, -0.05) is 42.5 Å². The number of hydrogen-bond acceptors (Lipinski definition) is 7. The summed E-state index contributed by atoms with van der Waals surface area (Å²) in [5.41, 5.74) is 1.16. The molecule has 1 aromatic heterocycles. The Morgan fingerprint density at radius 2 is 1.80 bits per heavy atom. The summed E-state index contributed by atoms with van der Waals surface area (Å²) in [6.07, 6.45) is 0. The Balaban J connectivity index is 1.49. The molecule has 0 unspecified atom stereocenters. The van der Waals surface area contributed by atoms with E-state index in [4.69, 9.17) is 4.74 Å². The van der Waals surface area contributed by atoms with Crippen molar-refractivity contribution < 1.29 is 27.8 Å². The van der Waals surface area contributed by atoms with E-state index in [9.17, 15) is 18.4 Å². The average Bonchev–Trinajstić information content (AvgIpc) is 3.21. The zero-order valence-corrected chi connectivity index (χ0v) is 16.3. The van der Waals surface area contributed by atoms with E-state index in [-0.39, 0.29) is 17.1 Å². The van der Waals surface area contributed by atoms with E-state index >= 15 is 0 Å². The van der Waals surface area contributed by atoms with Gasteiger partial charge in [-0.15, -0.1) is 11.3 Å². The fourth-order valence-electron chi connectivity index (χ4n) is 2.38. The van der Waals surface area contributed by atoms with E-state index in [2.05, 4.69) is 20.4 Å². The normalized spacial score (nSPS) is 10.5. The predicted octanol–water partition coefficient (Wildman–Crippen LogP) is 4.15. The molecule has 156 valence electrons. The third-order valence-electron chi connectivity index (χ3n) is 3.71. The molecular weight excluding hydrogens is 416 g/mol. The van der Waals surface area contributed by atoms with Gasteiger partial charge in [-0.25, -0.2) is 9.78 Å². The van der Waals surface area contributed by atoms with Crippen LogP contribution in [0.5, 0.6) is 5.75 Å². The molecule has 0 saturated carbocycles. The maximum absolute atomic E-state index is 12.4. The number of esters is 1. The van der Waals surface area contributed by atoms with Gasteiger partial charge in [0.1, 0.15) is 5.75 Å². The second-order valence-electron chi connectivity index (χ2n) is 5.88. The minimum absolute atomic E-state index is 0.0416. The zero-order chi connectivity index (χ0) is 21.3. The van der Waals surface area contributed by atoms with Crippen molar-refractivity contribution in [3.05, 3.63) is 71.2 Å². The molecular formula is C20H17F2N3O4S. The molecule has 0 atom stereocenters. The van der Waals surface area contributed by atoms with Crippen molar-refractivity contribution in [1.29, 1.82) is 0 Å². The first kappa shape index (κ1) is 21.2. The first-order valence-electron chi connectivity index (χ1n) is 8.75. The van der Waals surface area contributed by atoms with Crippen LogP contribution in [0.1, 0.15) is 16.1 Å². The minimum atomic E-state index is -3.03. The van der Waals surface area contributed by atoms with Crippen molar-refractivity contribution in [2.75, 3.05) is 17.2 Å². The monoisotopic (exact) mass is 433 g/mol. The van der Waals surface area contributed by atoms with Crippen LogP contribution >= 0.6 is 11.3 Å². The number of ether oxygens (including phenoxy) is 2. The lowest BCUT2D eigenvalue weighted by Crippen LogP contribution is -2.21. The summed E-state index contributed by atoms with van der Waals surface area (Å²) in [6.45, 7) is -3.09. The van der Waals surface area contributed by atoms with Crippen molar-refractivity contribution in [1.82, 2.24) is 4.98 Å². The lowest BCUT2D eigenvalue weighted by Gasteiger charge is -2.11. The van der Waals surface area contributed by atoms with Crippen molar-refractivity contribution in [3.63, 3.8) is 0 Å². The number of benzene rings is 2. The summed E-state index contributed by atoms with van der Waals surface area (Å²) >= 11 is 1.23. The number of anilines is 2. The van der Waals surface area contributed by atoms with Gasteiger partial charge in [-0.3, -0.25) is 4.79 Å². The number of para-hydroxylation sites is 2. The van der Waals surface area contributed by atoms with Gasteiger partial charge < -0.3 is 20.1 Å². The van der Waals surface area contributed by atoms with Gasteiger partial charge >= 0.3 is 12.6 Å². The highest BCUT2D eigenvalue weighted by molar-refractivity contribution is 7.13. The molecule has 2 aromatic carbocycles. The standard InChI is InChI=1S/C20H17F2N3O4S/c21-19(22)29-16-9-5-4-8-14(16)24-17(26)11-28-18(27)15-12-30-20(25-15)23-10-13-6-2-1-3-7-13/h1-9,12,19H,10-11H2,(H,23,25)(H,24,26). The van der Waals surface area contributed by atoms with Crippen LogP contribution in [0.2, 0.25) is 0 Å². The molecule has 0 aliphatic rings. The first-order valence-corrected chi connectivity index (χ1v) is 9.63. The van der Waals surface area contributed by atoms with E-state index in [1.54, 1.807) is 6.07 Å². The highest BCUT2D eigenvalue weighted by Gasteiger charge is 2.16. The second-order valence-corrected chi connectivity index (χ2v) is 6.73. The third-order valence-corrected chi connectivity index (χ3v) is 4.51. The van der Waals surface area contributed by atoms with Gasteiger partial charge in [0, 0.05) is 11.9 Å². The lowest BCUT2D eigenvalue weighted by molar-refractivity contribution is -0.119. The number of carbonyl (C=O) groups is 2. The molecule has 1 heterocycles. The number of hydrogen-bond donors (Lipinski definition) is 2. The highest BCUT2D eigenvalue weighted by atomic mass is 32.1. The van der Waals surface area contributed by atoms with E-state index in [0.717, 1.165) is 5.56 Å². The van der Waals surface area contributed by atoms with Gasteiger partial charge in [0.2, 0.25) is 0 Å². The number of alkyl halides is 2. The molecule has 0 bridgehead atoms. The molecule has 7 nitrogen and oxygen atoms in total. The molecule has 0 aliphatic heterocycles. The molecule has 0 saturated heterocycles. The summed E-state index contributed by atoms with van der Waals surface area (Å²) in [4.78, 5) is 28.2. The van der Waals surface area contributed by atoms with E-state index < -0.39 is 25.1 Å². The molecule has 0 fully saturated rings. The van der Waals surface area contributed by atoms with Gasteiger partial charge in [-0.2, -0.15) is 8.78 Å². The van der Waals surface area contributed by atoms with Crippen LogP contribution in [0.3, 0.4) is 0 Å². The van der Waals surface area contributed by atoms with Gasteiger partial charge in [0.05, 0.1) is 5.69 Å². The lowest BCUT2D eigenvalue weighted by atomic mass is 10.2. The van der Waals surface area contributed by atoms with E-state index in [0.29, 0.717) is 11.7 Å². The van der Waals surface area contributed by atoms with Gasteiger partial charge in [-0.05, 0) is 17.7 Å². The Labute approximate surface area is 174 Å². The van der Waals surface area contributed by atoms with Crippen LogP contribution in [0, 0.1) is 0 Å². The number of thiazole rings is 1. The Hall–Kier alpha value is -3.53.